The van der Waals surface area contributed by atoms with Gasteiger partial charge in [-0.3, -0.25) is 4.21 Å². The number of carbonyl (C=O) groups is 1. The topological polar surface area (TPSA) is 43.4 Å². The number of thioether (sulfide) groups is 1. The molecule has 1 aliphatic heterocycles. The van der Waals surface area contributed by atoms with Crippen LogP contribution in [0.2, 0.25) is 0 Å². The second-order valence-corrected chi connectivity index (χ2v) is 5.55. The molecule has 0 N–H and O–H groups in total. The van der Waals surface area contributed by atoms with Crippen molar-refractivity contribution in [2.75, 3.05) is 18.1 Å². The van der Waals surface area contributed by atoms with E-state index in [1.54, 1.807) is 6.92 Å². The third-order valence-corrected chi connectivity index (χ3v) is 4.91. The number of esters is 1. The highest BCUT2D eigenvalue weighted by Crippen LogP contribution is 2.23. The first-order valence-corrected chi connectivity index (χ1v) is 6.34. The van der Waals surface area contributed by atoms with Crippen molar-refractivity contribution in [2.45, 2.75) is 17.9 Å². The van der Waals surface area contributed by atoms with E-state index in [2.05, 4.69) is 0 Å². The van der Waals surface area contributed by atoms with E-state index >= 15 is 0 Å². The van der Waals surface area contributed by atoms with Crippen LogP contribution in [0.5, 0.6) is 0 Å². The largest absolute Gasteiger partial charge is 0.464 e. The summed E-state index contributed by atoms with van der Waals surface area (Å²) >= 11 is 1.44. The van der Waals surface area contributed by atoms with Gasteiger partial charge in [-0.15, -0.1) is 11.8 Å². The summed E-state index contributed by atoms with van der Waals surface area (Å²) in [7, 11) is -1.02. The molecule has 0 bridgehead atoms. The van der Waals surface area contributed by atoms with E-state index in [1.807, 2.05) is 0 Å². The molecule has 0 spiro atoms. The van der Waals surface area contributed by atoms with Crippen molar-refractivity contribution < 1.29 is 13.7 Å². The average Bonchev–Trinajstić information content (AvgIpc) is 2.05. The molecule has 0 aliphatic carbocycles. The maximum Gasteiger partial charge on any atom is 0.332 e. The van der Waals surface area contributed by atoms with Crippen LogP contribution in [0.3, 0.4) is 0 Å². The standard InChI is InChI=1S/C7H12O3S2/c1-2-10-6(8)7-11-4-3-5-12(7)9/h7H,2-5H2,1H3/t7-,12?/m0/s1. The molecule has 70 valence electrons. The molecule has 2 atom stereocenters. The lowest BCUT2D eigenvalue weighted by Crippen LogP contribution is -2.30. The van der Waals surface area contributed by atoms with Crippen LogP contribution >= 0.6 is 11.8 Å². The van der Waals surface area contributed by atoms with Crippen LogP contribution in [0.15, 0.2) is 0 Å². The number of hydrogen-bond donors (Lipinski definition) is 0. The molecule has 1 heterocycles. The van der Waals surface area contributed by atoms with Crippen LogP contribution in [0.1, 0.15) is 13.3 Å². The van der Waals surface area contributed by atoms with Crippen LogP contribution in [0, 0.1) is 0 Å². The Morgan fingerprint density at radius 3 is 3.08 bits per heavy atom. The highest BCUT2D eigenvalue weighted by molar-refractivity contribution is 8.12. The molecule has 0 aromatic heterocycles. The number of carbonyl (C=O) groups excluding carboxylic acids is 1. The van der Waals surface area contributed by atoms with E-state index in [1.165, 1.54) is 11.8 Å². The lowest BCUT2D eigenvalue weighted by atomic mass is 10.6. The van der Waals surface area contributed by atoms with E-state index in [-0.39, 0.29) is 5.97 Å². The molecule has 1 rings (SSSR count). The van der Waals surface area contributed by atoms with Gasteiger partial charge in [0.1, 0.15) is 0 Å². The summed E-state index contributed by atoms with van der Waals surface area (Å²) < 4.78 is 15.7. The van der Waals surface area contributed by atoms with Crippen molar-refractivity contribution in [3.63, 3.8) is 0 Å². The fourth-order valence-electron chi connectivity index (χ4n) is 0.960. The first kappa shape index (κ1) is 10.1. The molecule has 0 saturated carbocycles. The zero-order valence-electron chi connectivity index (χ0n) is 6.95. The first-order chi connectivity index (χ1) is 5.75. The molecule has 1 unspecified atom stereocenters. The summed E-state index contributed by atoms with van der Waals surface area (Å²) in [6, 6.07) is 0. The van der Waals surface area contributed by atoms with Gasteiger partial charge in [0.2, 0.25) is 0 Å². The molecule has 3 nitrogen and oxygen atoms in total. The van der Waals surface area contributed by atoms with E-state index in [0.717, 1.165) is 12.2 Å². The van der Waals surface area contributed by atoms with Gasteiger partial charge < -0.3 is 4.74 Å². The van der Waals surface area contributed by atoms with Gasteiger partial charge in [0.15, 0.2) is 4.58 Å². The summed E-state index contributed by atoms with van der Waals surface area (Å²) in [5.74, 6) is 1.23. The Morgan fingerprint density at radius 2 is 2.50 bits per heavy atom. The summed E-state index contributed by atoms with van der Waals surface area (Å²) in [6.07, 6.45) is 0.938. The number of rotatable bonds is 2. The molecule has 0 amide bonds. The molecule has 0 radical (unpaired) electrons. The third-order valence-electron chi connectivity index (χ3n) is 1.48. The monoisotopic (exact) mass is 208 g/mol. The van der Waals surface area contributed by atoms with Gasteiger partial charge in [0, 0.05) is 16.6 Å². The Kier molecular flexibility index (Phi) is 4.08. The Morgan fingerprint density at radius 1 is 1.75 bits per heavy atom. The minimum atomic E-state index is -1.02. The van der Waals surface area contributed by atoms with Crippen LogP contribution in [0.4, 0.5) is 0 Å². The first-order valence-electron chi connectivity index (χ1n) is 3.91. The third kappa shape index (κ3) is 2.48. The average molecular weight is 208 g/mol. The molecule has 0 aromatic carbocycles. The molecule has 1 aliphatic rings. The molecular weight excluding hydrogens is 196 g/mol. The van der Waals surface area contributed by atoms with E-state index in [9.17, 15) is 9.00 Å². The predicted molar refractivity (Wildman–Crippen MR) is 50.5 cm³/mol. The van der Waals surface area contributed by atoms with Crippen molar-refractivity contribution in [3.8, 4) is 0 Å². The fraction of sp³-hybridized carbons (Fsp3) is 0.857. The molecule has 1 saturated heterocycles. The van der Waals surface area contributed by atoms with Crippen molar-refractivity contribution >= 4 is 28.5 Å². The molecule has 12 heavy (non-hydrogen) atoms. The van der Waals surface area contributed by atoms with Gasteiger partial charge in [-0.1, -0.05) is 0 Å². The van der Waals surface area contributed by atoms with Gasteiger partial charge in [-0.05, 0) is 19.1 Å². The van der Waals surface area contributed by atoms with Crippen LogP contribution in [-0.4, -0.2) is 32.9 Å². The normalized spacial score (nSPS) is 29.8. The van der Waals surface area contributed by atoms with Gasteiger partial charge in [-0.2, -0.15) is 0 Å². The smallest absolute Gasteiger partial charge is 0.332 e. The Balaban J connectivity index is 2.48. The molecular formula is C7H12O3S2. The summed E-state index contributed by atoms with van der Waals surface area (Å²) in [6.45, 7) is 2.13. The second kappa shape index (κ2) is 4.87. The van der Waals surface area contributed by atoms with Crippen molar-refractivity contribution in [2.24, 2.45) is 0 Å². The van der Waals surface area contributed by atoms with Gasteiger partial charge >= 0.3 is 5.97 Å². The Hall–Kier alpha value is -0.0300. The second-order valence-electron chi connectivity index (χ2n) is 2.39. The number of ether oxygens (including phenoxy) is 1. The van der Waals surface area contributed by atoms with Crippen molar-refractivity contribution in [1.82, 2.24) is 0 Å². The van der Waals surface area contributed by atoms with Gasteiger partial charge in [0.05, 0.1) is 6.61 Å². The van der Waals surface area contributed by atoms with Gasteiger partial charge in [-0.25, -0.2) is 4.79 Å². The van der Waals surface area contributed by atoms with Crippen molar-refractivity contribution in [1.29, 1.82) is 0 Å². The zero-order valence-corrected chi connectivity index (χ0v) is 8.58. The van der Waals surface area contributed by atoms with Crippen LogP contribution in [0.25, 0.3) is 0 Å². The summed E-state index contributed by atoms with van der Waals surface area (Å²) in [5.41, 5.74) is 0. The minimum absolute atomic E-state index is 0.319. The van der Waals surface area contributed by atoms with Crippen LogP contribution < -0.4 is 0 Å². The molecule has 5 heteroatoms. The lowest BCUT2D eigenvalue weighted by molar-refractivity contribution is -0.140. The quantitative estimate of drug-likeness (QED) is 0.628. The highest BCUT2D eigenvalue weighted by atomic mass is 32.2. The predicted octanol–water partition coefficient (Wildman–Crippen LogP) is 0.761. The molecule has 1 fully saturated rings. The minimum Gasteiger partial charge on any atom is -0.464 e. The maximum absolute atomic E-state index is 11.3. The summed E-state index contributed by atoms with van der Waals surface area (Å²) in [5, 5.41) is 0. The van der Waals surface area contributed by atoms with Crippen molar-refractivity contribution in [3.05, 3.63) is 0 Å². The lowest BCUT2D eigenvalue weighted by Gasteiger charge is -2.18. The van der Waals surface area contributed by atoms with E-state index in [0.29, 0.717) is 12.4 Å². The van der Waals surface area contributed by atoms with E-state index in [4.69, 9.17) is 4.74 Å². The SMILES string of the molecule is CCOC(=O)[C@H]1SCCCS1=O. The highest BCUT2D eigenvalue weighted by Gasteiger charge is 2.29. The number of hydrogen-bond acceptors (Lipinski definition) is 4. The Labute approximate surface area is 78.7 Å². The maximum atomic E-state index is 11.3. The summed E-state index contributed by atoms with van der Waals surface area (Å²) in [4.78, 5) is 11.2. The molecule has 0 aromatic rings. The van der Waals surface area contributed by atoms with E-state index < -0.39 is 15.4 Å². The van der Waals surface area contributed by atoms with Crippen LogP contribution in [-0.2, 0) is 20.3 Å². The zero-order chi connectivity index (χ0) is 8.97. The van der Waals surface area contributed by atoms with Gasteiger partial charge in [0.25, 0.3) is 0 Å². The Bertz CT molecular complexity index is 193. The fourth-order valence-corrected chi connectivity index (χ4v) is 3.98.